The molecule has 1 atom stereocenters. The van der Waals surface area contributed by atoms with E-state index >= 15 is 0 Å². The maximum Gasteiger partial charge on any atom is 0.174 e. The van der Waals surface area contributed by atoms with E-state index in [1.807, 2.05) is 32.9 Å². The molecule has 0 bridgehead atoms. The number of dihydropyridines is 1. The molecule has 1 aliphatic heterocycles. The van der Waals surface area contributed by atoms with Crippen LogP contribution in [-0.2, 0) is 4.79 Å². The van der Waals surface area contributed by atoms with Gasteiger partial charge >= 0.3 is 0 Å². The van der Waals surface area contributed by atoms with E-state index in [1.165, 1.54) is 0 Å². The third kappa shape index (κ3) is 4.29. The van der Waals surface area contributed by atoms with Gasteiger partial charge in [0.15, 0.2) is 17.3 Å². The molecule has 30 heavy (non-hydrogen) atoms. The molecule has 0 amide bonds. The number of rotatable bonds is 5. The fourth-order valence-corrected chi connectivity index (χ4v) is 4.89. The Bertz CT molecular complexity index is 986. The van der Waals surface area contributed by atoms with Gasteiger partial charge in [0.05, 0.1) is 33.8 Å². The average Bonchev–Trinajstić information content (AvgIpc) is 2.62. The molecule has 0 saturated carbocycles. The summed E-state index contributed by atoms with van der Waals surface area (Å²) in [6, 6.07) is 6.06. The Labute approximate surface area is 191 Å². The van der Waals surface area contributed by atoms with Crippen molar-refractivity contribution in [3.05, 3.63) is 43.9 Å². The normalized spacial score (nSPS) is 20.6. The lowest BCUT2D eigenvalue weighted by molar-refractivity contribution is -0.118. The molecule has 2 aliphatic rings. The van der Waals surface area contributed by atoms with Crippen LogP contribution >= 0.6 is 22.6 Å². The summed E-state index contributed by atoms with van der Waals surface area (Å²) in [7, 11) is 0. The maximum absolute atomic E-state index is 13.2. The second kappa shape index (κ2) is 8.50. The van der Waals surface area contributed by atoms with Gasteiger partial charge < -0.3 is 20.5 Å². The molecule has 0 saturated heterocycles. The van der Waals surface area contributed by atoms with Gasteiger partial charge in [-0.25, -0.2) is 0 Å². The van der Waals surface area contributed by atoms with Crippen LogP contribution in [-0.4, -0.2) is 18.5 Å². The van der Waals surface area contributed by atoms with Gasteiger partial charge in [-0.05, 0) is 72.9 Å². The minimum atomic E-state index is -0.518. The maximum atomic E-state index is 13.2. The summed E-state index contributed by atoms with van der Waals surface area (Å²) in [5.41, 5.74) is 8.69. The van der Waals surface area contributed by atoms with Gasteiger partial charge in [-0.15, -0.1) is 0 Å². The van der Waals surface area contributed by atoms with Crippen molar-refractivity contribution in [2.24, 2.45) is 11.1 Å². The van der Waals surface area contributed by atoms with Crippen molar-refractivity contribution in [1.29, 1.82) is 5.26 Å². The molecule has 1 aliphatic carbocycles. The van der Waals surface area contributed by atoms with Crippen LogP contribution in [0.25, 0.3) is 0 Å². The van der Waals surface area contributed by atoms with Crippen LogP contribution in [0.3, 0.4) is 0 Å². The van der Waals surface area contributed by atoms with E-state index in [9.17, 15) is 10.1 Å². The quantitative estimate of drug-likeness (QED) is 0.554. The number of allylic oxidation sites excluding steroid dienone is 3. The van der Waals surface area contributed by atoms with Crippen LogP contribution in [0.4, 0.5) is 0 Å². The number of nitriles is 1. The van der Waals surface area contributed by atoms with Crippen LogP contribution in [0.1, 0.15) is 58.9 Å². The highest BCUT2D eigenvalue weighted by atomic mass is 127. The smallest absolute Gasteiger partial charge is 0.174 e. The van der Waals surface area contributed by atoms with Crippen molar-refractivity contribution in [3.63, 3.8) is 0 Å². The van der Waals surface area contributed by atoms with E-state index in [0.29, 0.717) is 47.9 Å². The monoisotopic (exact) mass is 521 g/mol. The van der Waals surface area contributed by atoms with Gasteiger partial charge in [0.2, 0.25) is 0 Å². The molecule has 3 rings (SSSR count). The van der Waals surface area contributed by atoms with Crippen molar-refractivity contribution in [2.45, 2.75) is 59.5 Å². The van der Waals surface area contributed by atoms with E-state index < -0.39 is 5.92 Å². The van der Waals surface area contributed by atoms with Crippen molar-refractivity contribution in [2.75, 3.05) is 6.61 Å². The molecule has 1 aromatic rings. The highest BCUT2D eigenvalue weighted by molar-refractivity contribution is 14.1. The number of nitrogens with zero attached hydrogens (tertiary/aromatic N) is 1. The van der Waals surface area contributed by atoms with Gasteiger partial charge in [0.25, 0.3) is 0 Å². The number of carbonyl (C=O) groups is 1. The number of hydrogen-bond acceptors (Lipinski definition) is 6. The number of nitrogens with two attached hydrogens (primary N) is 1. The first-order valence-corrected chi connectivity index (χ1v) is 11.2. The first kappa shape index (κ1) is 22.5. The summed E-state index contributed by atoms with van der Waals surface area (Å²) in [6.45, 7) is 10.4. The predicted octanol–water partition coefficient (Wildman–Crippen LogP) is 4.50. The van der Waals surface area contributed by atoms with E-state index in [2.05, 4.69) is 47.8 Å². The lowest BCUT2D eigenvalue weighted by Gasteiger charge is -2.38. The summed E-state index contributed by atoms with van der Waals surface area (Å²) < 4.78 is 12.7. The zero-order valence-electron chi connectivity index (χ0n) is 18.1. The number of hydrogen-bond donors (Lipinski definition) is 2. The van der Waals surface area contributed by atoms with Gasteiger partial charge in [-0.3, -0.25) is 4.79 Å². The summed E-state index contributed by atoms with van der Waals surface area (Å²) >= 11 is 2.21. The highest BCUT2D eigenvalue weighted by Gasteiger charge is 2.41. The van der Waals surface area contributed by atoms with Gasteiger partial charge in [0.1, 0.15) is 5.82 Å². The van der Waals surface area contributed by atoms with E-state index in [1.54, 1.807) is 0 Å². The molecule has 160 valence electrons. The van der Waals surface area contributed by atoms with Gasteiger partial charge in [-0.2, -0.15) is 5.26 Å². The van der Waals surface area contributed by atoms with Crippen LogP contribution in [0.5, 0.6) is 11.5 Å². The number of carbonyl (C=O) groups excluding carboxylic acids is 1. The molecule has 6 nitrogen and oxygen atoms in total. The van der Waals surface area contributed by atoms with E-state index in [-0.39, 0.29) is 17.3 Å². The molecule has 7 heteroatoms. The lowest BCUT2D eigenvalue weighted by Crippen LogP contribution is -2.39. The van der Waals surface area contributed by atoms with Gasteiger partial charge in [0, 0.05) is 17.7 Å². The van der Waals surface area contributed by atoms with Crippen molar-refractivity contribution < 1.29 is 14.3 Å². The summed E-state index contributed by atoms with van der Waals surface area (Å²) in [5.74, 6) is 1.12. The molecule has 0 radical (unpaired) electrons. The first-order chi connectivity index (χ1) is 14.1. The fraction of sp³-hybridized carbons (Fsp3) is 0.478. The Morgan fingerprint density at radius 1 is 1.37 bits per heavy atom. The third-order valence-corrected chi connectivity index (χ3v) is 6.01. The first-order valence-electron chi connectivity index (χ1n) is 10.1. The van der Waals surface area contributed by atoms with Crippen molar-refractivity contribution in [3.8, 4) is 17.6 Å². The fourth-order valence-electron chi connectivity index (χ4n) is 4.14. The standard InChI is InChI=1S/C23H28IN3O3/c1-6-29-18-8-13(7-15(24)21(18)30-12(2)3)19-14(11-25)22(26)27-16-9-23(4,5)10-17(28)20(16)19/h7-8,12,19,27H,6,9-10,26H2,1-5H3/t19-/m0/s1. The second-order valence-electron chi connectivity index (χ2n) is 8.76. The third-order valence-electron chi connectivity index (χ3n) is 5.21. The van der Waals surface area contributed by atoms with Crippen molar-refractivity contribution >= 4 is 28.4 Å². The molecule has 0 spiro atoms. The molecule has 0 fully saturated rings. The molecule has 0 unspecified atom stereocenters. The van der Waals surface area contributed by atoms with E-state index in [0.717, 1.165) is 14.8 Å². The number of ketones is 1. The number of nitrogens with one attached hydrogen (secondary N) is 1. The topological polar surface area (TPSA) is 97.4 Å². The minimum Gasteiger partial charge on any atom is -0.490 e. The van der Waals surface area contributed by atoms with Crippen molar-refractivity contribution in [1.82, 2.24) is 5.32 Å². The average molecular weight is 521 g/mol. The Morgan fingerprint density at radius 3 is 2.67 bits per heavy atom. The number of benzene rings is 1. The molecule has 1 aromatic carbocycles. The molecule has 1 heterocycles. The number of Topliss-reactive ketones (excluding diaryl/α,β-unsaturated/α-hetero) is 1. The zero-order valence-corrected chi connectivity index (χ0v) is 20.2. The number of halogens is 1. The zero-order chi connectivity index (χ0) is 22.2. The Kier molecular flexibility index (Phi) is 6.37. The molecular weight excluding hydrogens is 493 g/mol. The van der Waals surface area contributed by atoms with Crippen LogP contribution < -0.4 is 20.5 Å². The summed E-state index contributed by atoms with van der Waals surface area (Å²) in [6.07, 6.45) is 1.13. The Balaban J connectivity index is 2.20. The van der Waals surface area contributed by atoms with Crippen LogP contribution in [0.2, 0.25) is 0 Å². The second-order valence-corrected chi connectivity index (χ2v) is 9.92. The Morgan fingerprint density at radius 2 is 2.07 bits per heavy atom. The SMILES string of the molecule is CCOc1cc([C@H]2C(C#N)=C(N)NC3=C2C(=O)CC(C)(C)C3)cc(I)c1OC(C)C. The van der Waals surface area contributed by atoms with Crippen LogP contribution in [0, 0.1) is 20.3 Å². The minimum absolute atomic E-state index is 0.0101. The largest absolute Gasteiger partial charge is 0.490 e. The molecular formula is C23H28IN3O3. The lowest BCUT2D eigenvalue weighted by atomic mass is 9.69. The highest BCUT2D eigenvalue weighted by Crippen LogP contribution is 2.47. The van der Waals surface area contributed by atoms with Gasteiger partial charge in [-0.1, -0.05) is 13.8 Å². The molecule has 3 N–H and O–H groups in total. The number of ether oxygens (including phenoxy) is 2. The molecule has 0 aromatic heterocycles. The van der Waals surface area contributed by atoms with E-state index in [4.69, 9.17) is 15.2 Å². The predicted molar refractivity (Wildman–Crippen MR) is 124 cm³/mol. The summed E-state index contributed by atoms with van der Waals surface area (Å²) in [5, 5.41) is 13.0. The van der Waals surface area contributed by atoms with Crippen LogP contribution in [0.15, 0.2) is 34.8 Å². The summed E-state index contributed by atoms with van der Waals surface area (Å²) in [4.78, 5) is 13.2. The Hall–Kier alpha value is -2.21.